The van der Waals surface area contributed by atoms with E-state index in [1.54, 1.807) is 0 Å². The Morgan fingerprint density at radius 3 is 2.84 bits per heavy atom. The van der Waals surface area contributed by atoms with Crippen LogP contribution in [0.3, 0.4) is 0 Å². The average molecular weight is 284 g/mol. The molecule has 1 aliphatic rings. The van der Waals surface area contributed by atoms with Gasteiger partial charge in [0.15, 0.2) is 5.16 Å². The Morgan fingerprint density at radius 1 is 1.58 bits per heavy atom. The van der Waals surface area contributed by atoms with Crippen LogP contribution < -0.4 is 0 Å². The van der Waals surface area contributed by atoms with Gasteiger partial charge in [-0.2, -0.15) is 0 Å². The minimum Gasteiger partial charge on any atom is -0.481 e. The van der Waals surface area contributed by atoms with E-state index >= 15 is 0 Å². The average Bonchev–Trinajstić information content (AvgIpc) is 3.14. The van der Waals surface area contributed by atoms with Crippen LogP contribution in [0.25, 0.3) is 0 Å². The standard InChI is InChI=1S/C12H20N4O2S/c1-8(15(3)10-4-5-10)6-16-9(2)13-14-12(16)19-7-11(17)18/h8,10H,4-7H2,1-3H3,(H,17,18). The molecule has 0 radical (unpaired) electrons. The predicted octanol–water partition coefficient (Wildman–Crippen LogP) is 1.25. The van der Waals surface area contributed by atoms with Gasteiger partial charge in [-0.15, -0.1) is 10.2 Å². The number of nitrogens with zero attached hydrogens (tertiary/aromatic N) is 4. The molecule has 0 bridgehead atoms. The van der Waals surface area contributed by atoms with Crippen molar-refractivity contribution in [1.82, 2.24) is 19.7 Å². The summed E-state index contributed by atoms with van der Waals surface area (Å²) in [6, 6.07) is 1.10. The molecule has 0 amide bonds. The van der Waals surface area contributed by atoms with E-state index in [0.717, 1.165) is 12.4 Å². The molecule has 0 aromatic carbocycles. The summed E-state index contributed by atoms with van der Waals surface area (Å²) in [5.74, 6) is 0.0228. The zero-order valence-corrected chi connectivity index (χ0v) is 12.4. The minimum absolute atomic E-state index is 0.0188. The molecule has 0 saturated heterocycles. The Morgan fingerprint density at radius 2 is 2.26 bits per heavy atom. The van der Waals surface area contributed by atoms with Gasteiger partial charge < -0.3 is 9.67 Å². The number of carbonyl (C=O) groups is 1. The van der Waals surface area contributed by atoms with Crippen molar-refractivity contribution in [2.75, 3.05) is 12.8 Å². The molecule has 1 heterocycles. The first-order valence-electron chi connectivity index (χ1n) is 6.45. The van der Waals surface area contributed by atoms with Crippen LogP contribution in [0, 0.1) is 6.92 Å². The highest BCUT2D eigenvalue weighted by Crippen LogP contribution is 2.28. The van der Waals surface area contributed by atoms with Crippen molar-refractivity contribution in [1.29, 1.82) is 0 Å². The summed E-state index contributed by atoms with van der Waals surface area (Å²) in [7, 11) is 2.14. The Kier molecular flexibility index (Phi) is 4.46. The van der Waals surface area contributed by atoms with Gasteiger partial charge in [0.25, 0.3) is 0 Å². The highest BCUT2D eigenvalue weighted by atomic mass is 32.2. The van der Waals surface area contributed by atoms with Gasteiger partial charge in [-0.05, 0) is 33.7 Å². The zero-order valence-electron chi connectivity index (χ0n) is 11.5. The van der Waals surface area contributed by atoms with E-state index in [-0.39, 0.29) is 5.75 Å². The SMILES string of the molecule is Cc1nnc(SCC(=O)O)n1CC(C)N(C)C1CC1. The number of aryl methyl sites for hydroxylation is 1. The van der Waals surface area contributed by atoms with Gasteiger partial charge in [0.2, 0.25) is 0 Å². The van der Waals surface area contributed by atoms with E-state index in [1.807, 2.05) is 11.5 Å². The largest absolute Gasteiger partial charge is 0.481 e. The van der Waals surface area contributed by atoms with Crippen LogP contribution >= 0.6 is 11.8 Å². The molecule has 1 aliphatic carbocycles. The molecule has 1 aromatic heterocycles. The first-order chi connectivity index (χ1) is 8.99. The monoisotopic (exact) mass is 284 g/mol. The summed E-state index contributed by atoms with van der Waals surface area (Å²) in [6.07, 6.45) is 2.56. The van der Waals surface area contributed by atoms with Crippen LogP contribution in [-0.2, 0) is 11.3 Å². The molecule has 1 atom stereocenters. The van der Waals surface area contributed by atoms with Crippen LogP contribution in [0.1, 0.15) is 25.6 Å². The number of likely N-dealkylation sites (N-methyl/N-ethyl adjacent to an activating group) is 1. The molecule has 0 aliphatic heterocycles. The van der Waals surface area contributed by atoms with Crippen LogP contribution in [0.5, 0.6) is 0 Å². The number of carboxylic acids is 1. The van der Waals surface area contributed by atoms with Crippen molar-refractivity contribution < 1.29 is 9.90 Å². The maximum atomic E-state index is 10.6. The number of carboxylic acid groups (broad SMARTS) is 1. The Hall–Kier alpha value is -1.08. The number of rotatable bonds is 7. The summed E-state index contributed by atoms with van der Waals surface area (Å²) < 4.78 is 2.01. The second kappa shape index (κ2) is 5.92. The van der Waals surface area contributed by atoms with Gasteiger partial charge >= 0.3 is 5.97 Å². The molecule has 7 heteroatoms. The molecule has 1 unspecified atom stereocenters. The van der Waals surface area contributed by atoms with Crippen LogP contribution in [0.2, 0.25) is 0 Å². The molecule has 2 rings (SSSR count). The van der Waals surface area contributed by atoms with E-state index in [2.05, 4.69) is 29.1 Å². The lowest BCUT2D eigenvalue weighted by Crippen LogP contribution is -2.34. The highest BCUT2D eigenvalue weighted by molar-refractivity contribution is 7.99. The maximum absolute atomic E-state index is 10.6. The van der Waals surface area contributed by atoms with Gasteiger partial charge in [-0.25, -0.2) is 0 Å². The number of thioether (sulfide) groups is 1. The molecule has 0 spiro atoms. The first kappa shape index (κ1) is 14.3. The molecule has 1 fully saturated rings. The summed E-state index contributed by atoms with van der Waals surface area (Å²) >= 11 is 1.22. The van der Waals surface area contributed by atoms with Gasteiger partial charge in [-0.3, -0.25) is 9.69 Å². The van der Waals surface area contributed by atoms with Gasteiger partial charge in [0, 0.05) is 18.6 Å². The quantitative estimate of drug-likeness (QED) is 0.760. The van der Waals surface area contributed by atoms with Crippen LogP contribution in [-0.4, -0.2) is 55.6 Å². The molecule has 106 valence electrons. The van der Waals surface area contributed by atoms with E-state index in [1.165, 1.54) is 24.6 Å². The molecular formula is C12H20N4O2S. The second-order valence-corrected chi connectivity index (χ2v) is 6.01. The summed E-state index contributed by atoms with van der Waals surface area (Å²) in [5, 5.41) is 17.5. The van der Waals surface area contributed by atoms with E-state index in [4.69, 9.17) is 5.11 Å². The van der Waals surface area contributed by atoms with E-state index < -0.39 is 5.97 Å². The third-order valence-electron chi connectivity index (χ3n) is 3.49. The number of aromatic nitrogens is 3. The molecule has 6 nitrogen and oxygen atoms in total. The van der Waals surface area contributed by atoms with Gasteiger partial charge in [0.1, 0.15) is 5.82 Å². The fourth-order valence-corrected chi connectivity index (χ4v) is 2.75. The number of hydrogen-bond acceptors (Lipinski definition) is 5. The third kappa shape index (κ3) is 3.70. The molecule has 19 heavy (non-hydrogen) atoms. The van der Waals surface area contributed by atoms with E-state index in [9.17, 15) is 4.79 Å². The lowest BCUT2D eigenvalue weighted by Gasteiger charge is -2.25. The number of hydrogen-bond donors (Lipinski definition) is 1. The van der Waals surface area contributed by atoms with Gasteiger partial charge in [0.05, 0.1) is 5.75 Å². The van der Waals surface area contributed by atoms with E-state index in [0.29, 0.717) is 17.2 Å². The first-order valence-corrected chi connectivity index (χ1v) is 7.44. The summed E-state index contributed by atoms with van der Waals surface area (Å²) in [4.78, 5) is 13.0. The maximum Gasteiger partial charge on any atom is 0.313 e. The fraction of sp³-hybridized carbons (Fsp3) is 0.750. The third-order valence-corrected chi connectivity index (χ3v) is 4.44. The van der Waals surface area contributed by atoms with Crippen molar-refractivity contribution in [2.24, 2.45) is 0 Å². The Bertz CT molecular complexity index is 459. The Balaban J connectivity index is 2.01. The Labute approximate surface area is 117 Å². The molecule has 1 aromatic rings. The molecule has 1 N–H and O–H groups in total. The van der Waals surface area contributed by atoms with Crippen molar-refractivity contribution in [3.63, 3.8) is 0 Å². The molecular weight excluding hydrogens is 264 g/mol. The van der Waals surface area contributed by atoms with Crippen molar-refractivity contribution in [2.45, 2.75) is 50.5 Å². The van der Waals surface area contributed by atoms with Crippen molar-refractivity contribution in [3.05, 3.63) is 5.82 Å². The normalized spacial score (nSPS) is 16.8. The van der Waals surface area contributed by atoms with Crippen molar-refractivity contribution in [3.8, 4) is 0 Å². The summed E-state index contributed by atoms with van der Waals surface area (Å²) in [6.45, 7) is 4.89. The van der Waals surface area contributed by atoms with Gasteiger partial charge in [-0.1, -0.05) is 11.8 Å². The van der Waals surface area contributed by atoms with Crippen molar-refractivity contribution >= 4 is 17.7 Å². The minimum atomic E-state index is -0.833. The fourth-order valence-electron chi connectivity index (χ4n) is 2.04. The lowest BCUT2D eigenvalue weighted by molar-refractivity contribution is -0.133. The zero-order chi connectivity index (χ0) is 14.0. The van der Waals surface area contributed by atoms with Crippen LogP contribution in [0.15, 0.2) is 5.16 Å². The highest BCUT2D eigenvalue weighted by Gasteiger charge is 2.29. The number of aliphatic carboxylic acids is 1. The summed E-state index contributed by atoms with van der Waals surface area (Å²) in [5.41, 5.74) is 0. The predicted molar refractivity (Wildman–Crippen MR) is 73.4 cm³/mol. The van der Waals surface area contributed by atoms with Crippen LogP contribution in [0.4, 0.5) is 0 Å². The molecule has 1 saturated carbocycles. The smallest absolute Gasteiger partial charge is 0.313 e. The lowest BCUT2D eigenvalue weighted by atomic mass is 10.3. The topological polar surface area (TPSA) is 71.2 Å². The second-order valence-electron chi connectivity index (χ2n) is 5.07.